The molecule has 34 heavy (non-hydrogen) atoms. The molecule has 1 amide bonds. The first-order valence-corrected chi connectivity index (χ1v) is 11.4. The second-order valence-electron chi connectivity index (χ2n) is 7.65. The van der Waals surface area contributed by atoms with Crippen molar-refractivity contribution < 1.29 is 32.5 Å². The standard InChI is InChI=1S/C24H24F2N2O5S/c1-30-18-10-14(11-19(31-2)23(18)32-3)4-5-21(29)28-8-6-16(7-9-28)33-24-27-22-17(26)12-15(25)13-20(22)34-24/h4-5,10-13,16H,6-9H2,1-3H3/b5-4+. The van der Waals surface area contributed by atoms with Crippen LogP contribution < -0.4 is 18.9 Å². The first-order valence-electron chi connectivity index (χ1n) is 10.6. The summed E-state index contributed by atoms with van der Waals surface area (Å²) in [4.78, 5) is 18.6. The van der Waals surface area contributed by atoms with Crippen molar-refractivity contribution in [3.8, 4) is 22.4 Å². The van der Waals surface area contributed by atoms with Gasteiger partial charge in [0.2, 0.25) is 11.7 Å². The maximum Gasteiger partial charge on any atom is 0.274 e. The number of hydrogen-bond acceptors (Lipinski definition) is 7. The Hall–Kier alpha value is -3.40. The van der Waals surface area contributed by atoms with E-state index in [2.05, 4.69) is 4.98 Å². The van der Waals surface area contributed by atoms with E-state index < -0.39 is 11.6 Å². The third-order valence-electron chi connectivity index (χ3n) is 5.52. The summed E-state index contributed by atoms with van der Waals surface area (Å²) >= 11 is 1.11. The minimum atomic E-state index is -0.708. The number of aromatic nitrogens is 1. The molecule has 1 fully saturated rings. The van der Waals surface area contributed by atoms with Gasteiger partial charge in [0, 0.05) is 38.1 Å². The van der Waals surface area contributed by atoms with Crippen molar-refractivity contribution in [2.24, 2.45) is 0 Å². The number of methoxy groups -OCH3 is 3. The van der Waals surface area contributed by atoms with E-state index >= 15 is 0 Å². The van der Waals surface area contributed by atoms with Crippen LogP contribution in [0.1, 0.15) is 18.4 Å². The maximum atomic E-state index is 13.9. The molecular formula is C24H24F2N2O5S. The zero-order valence-electron chi connectivity index (χ0n) is 19.0. The number of ether oxygens (including phenoxy) is 4. The van der Waals surface area contributed by atoms with Crippen LogP contribution in [0.2, 0.25) is 0 Å². The minimum Gasteiger partial charge on any atom is -0.493 e. The Morgan fingerprint density at radius 3 is 2.35 bits per heavy atom. The van der Waals surface area contributed by atoms with E-state index in [1.165, 1.54) is 33.5 Å². The van der Waals surface area contributed by atoms with E-state index in [-0.39, 0.29) is 17.5 Å². The maximum absolute atomic E-state index is 13.9. The highest BCUT2D eigenvalue weighted by Gasteiger charge is 2.24. The lowest BCUT2D eigenvalue weighted by Crippen LogP contribution is -2.41. The molecule has 0 unspecified atom stereocenters. The number of rotatable bonds is 7. The molecule has 2 aromatic carbocycles. The van der Waals surface area contributed by atoms with Gasteiger partial charge in [0.1, 0.15) is 17.4 Å². The highest BCUT2D eigenvalue weighted by molar-refractivity contribution is 7.20. The average molecular weight is 491 g/mol. The lowest BCUT2D eigenvalue weighted by Gasteiger charge is -2.30. The van der Waals surface area contributed by atoms with Gasteiger partial charge in [0.15, 0.2) is 17.3 Å². The Kier molecular flexibility index (Phi) is 7.16. The minimum absolute atomic E-state index is 0.103. The van der Waals surface area contributed by atoms with Crippen LogP contribution in [-0.4, -0.2) is 56.3 Å². The van der Waals surface area contributed by atoms with Gasteiger partial charge in [-0.25, -0.2) is 8.78 Å². The topological polar surface area (TPSA) is 70.1 Å². The number of fused-ring (bicyclic) bond motifs is 1. The summed E-state index contributed by atoms with van der Waals surface area (Å²) in [5, 5.41) is 0.298. The van der Waals surface area contributed by atoms with Gasteiger partial charge >= 0.3 is 0 Å². The Bertz CT molecular complexity index is 1200. The molecule has 0 aliphatic carbocycles. The number of thiazole rings is 1. The molecule has 0 radical (unpaired) electrons. The van der Waals surface area contributed by atoms with Crippen LogP contribution in [0.15, 0.2) is 30.3 Å². The molecule has 1 aromatic heterocycles. The zero-order chi connectivity index (χ0) is 24.2. The summed E-state index contributed by atoms with van der Waals surface area (Å²) < 4.78 is 49.6. The third kappa shape index (κ3) is 5.06. The smallest absolute Gasteiger partial charge is 0.274 e. The van der Waals surface area contributed by atoms with E-state index in [9.17, 15) is 13.6 Å². The zero-order valence-corrected chi connectivity index (χ0v) is 19.8. The fourth-order valence-corrected chi connectivity index (χ4v) is 4.71. The number of nitrogens with zero attached hydrogens (tertiary/aromatic N) is 2. The van der Waals surface area contributed by atoms with Crippen molar-refractivity contribution in [2.45, 2.75) is 18.9 Å². The average Bonchev–Trinajstić information content (AvgIpc) is 3.24. The number of benzene rings is 2. The van der Waals surface area contributed by atoms with Gasteiger partial charge in [-0.15, -0.1) is 0 Å². The van der Waals surface area contributed by atoms with Gasteiger partial charge in [-0.3, -0.25) is 4.79 Å². The molecular weight excluding hydrogens is 466 g/mol. The van der Waals surface area contributed by atoms with E-state index in [1.807, 2.05) is 0 Å². The summed E-state index contributed by atoms with van der Waals surface area (Å²) in [6, 6.07) is 5.57. The molecule has 0 atom stereocenters. The van der Waals surface area contributed by atoms with Crippen molar-refractivity contribution in [3.05, 3.63) is 47.5 Å². The quantitative estimate of drug-likeness (QED) is 0.448. The summed E-state index contributed by atoms with van der Waals surface area (Å²) in [7, 11) is 4.60. The summed E-state index contributed by atoms with van der Waals surface area (Å²) in [5.74, 6) is 0.0158. The number of piperidine rings is 1. The lowest BCUT2D eigenvalue weighted by atomic mass is 10.1. The number of likely N-dealkylation sites (tertiary alicyclic amines) is 1. The van der Waals surface area contributed by atoms with Gasteiger partial charge in [0.25, 0.3) is 5.19 Å². The van der Waals surface area contributed by atoms with E-state index in [1.54, 1.807) is 23.1 Å². The predicted octanol–water partition coefficient (Wildman–Crippen LogP) is 4.68. The first-order chi connectivity index (χ1) is 16.4. The van der Waals surface area contributed by atoms with Gasteiger partial charge in [-0.1, -0.05) is 11.3 Å². The fourth-order valence-electron chi connectivity index (χ4n) is 3.79. The molecule has 1 aliphatic heterocycles. The number of carbonyl (C=O) groups is 1. The molecule has 10 heteroatoms. The SMILES string of the molecule is COc1cc(/C=C/C(=O)N2CCC(Oc3nc4c(F)cc(F)cc4s3)CC2)cc(OC)c1OC. The van der Waals surface area contributed by atoms with Crippen molar-refractivity contribution in [1.82, 2.24) is 9.88 Å². The molecule has 1 aliphatic rings. The van der Waals surface area contributed by atoms with Crippen LogP contribution in [0, 0.1) is 11.6 Å². The molecule has 180 valence electrons. The van der Waals surface area contributed by atoms with E-state index in [0.717, 1.165) is 23.0 Å². The monoisotopic (exact) mass is 490 g/mol. The molecule has 0 N–H and O–H groups in total. The molecule has 3 aromatic rings. The number of carbonyl (C=O) groups excluding carboxylic acids is 1. The van der Waals surface area contributed by atoms with Crippen LogP contribution in [0.5, 0.6) is 22.4 Å². The molecule has 2 heterocycles. The Morgan fingerprint density at radius 1 is 1.06 bits per heavy atom. The van der Waals surface area contributed by atoms with Crippen molar-refractivity contribution in [2.75, 3.05) is 34.4 Å². The van der Waals surface area contributed by atoms with Crippen LogP contribution in [0.25, 0.3) is 16.3 Å². The summed E-state index contributed by atoms with van der Waals surface area (Å²) in [6.07, 6.45) is 4.26. The van der Waals surface area contributed by atoms with Gasteiger partial charge < -0.3 is 23.8 Å². The highest BCUT2D eigenvalue weighted by atomic mass is 32.1. The molecule has 0 spiro atoms. The second-order valence-corrected chi connectivity index (χ2v) is 8.64. The largest absolute Gasteiger partial charge is 0.493 e. The normalized spacial score (nSPS) is 14.6. The molecule has 7 nitrogen and oxygen atoms in total. The Morgan fingerprint density at radius 2 is 1.74 bits per heavy atom. The van der Waals surface area contributed by atoms with Gasteiger partial charge in [0.05, 0.1) is 26.0 Å². The predicted molar refractivity (Wildman–Crippen MR) is 125 cm³/mol. The molecule has 4 rings (SSSR count). The van der Waals surface area contributed by atoms with Crippen molar-refractivity contribution in [3.63, 3.8) is 0 Å². The van der Waals surface area contributed by atoms with E-state index in [4.69, 9.17) is 18.9 Å². The lowest BCUT2D eigenvalue weighted by molar-refractivity contribution is -0.127. The number of amides is 1. The Balaban J connectivity index is 1.36. The fraction of sp³-hybridized carbons (Fsp3) is 0.333. The van der Waals surface area contributed by atoms with Crippen molar-refractivity contribution >= 4 is 33.5 Å². The highest BCUT2D eigenvalue weighted by Crippen LogP contribution is 2.38. The molecule has 0 saturated carbocycles. The van der Waals surface area contributed by atoms with Crippen LogP contribution in [-0.2, 0) is 4.79 Å². The Labute approximate surface area is 199 Å². The van der Waals surface area contributed by atoms with Crippen LogP contribution >= 0.6 is 11.3 Å². The summed E-state index contributed by atoms with van der Waals surface area (Å²) in [6.45, 7) is 1.02. The van der Waals surface area contributed by atoms with Crippen LogP contribution in [0.4, 0.5) is 8.78 Å². The molecule has 0 bridgehead atoms. The van der Waals surface area contributed by atoms with E-state index in [0.29, 0.717) is 53.1 Å². The first kappa shape index (κ1) is 23.7. The number of halogens is 2. The van der Waals surface area contributed by atoms with Crippen LogP contribution in [0.3, 0.4) is 0 Å². The third-order valence-corrected chi connectivity index (χ3v) is 6.41. The molecule has 1 saturated heterocycles. The van der Waals surface area contributed by atoms with Crippen molar-refractivity contribution in [1.29, 1.82) is 0 Å². The summed E-state index contributed by atoms with van der Waals surface area (Å²) in [5.41, 5.74) is 0.839. The number of hydrogen-bond donors (Lipinski definition) is 0. The van der Waals surface area contributed by atoms with Gasteiger partial charge in [-0.05, 0) is 29.8 Å². The second kappa shape index (κ2) is 10.3. The van der Waals surface area contributed by atoms with Gasteiger partial charge in [-0.2, -0.15) is 4.98 Å².